The number of primary amides is 1. The van der Waals surface area contributed by atoms with E-state index in [-0.39, 0.29) is 24.3 Å². The maximum atomic E-state index is 11.9. The molecule has 0 unspecified atom stereocenters. The van der Waals surface area contributed by atoms with Crippen molar-refractivity contribution in [1.82, 2.24) is 10.2 Å². The van der Waals surface area contributed by atoms with E-state index < -0.39 is 11.9 Å². The van der Waals surface area contributed by atoms with Gasteiger partial charge in [0.05, 0.1) is 0 Å². The lowest BCUT2D eigenvalue weighted by atomic mass is 10.0. The van der Waals surface area contributed by atoms with Crippen LogP contribution in [-0.4, -0.2) is 41.2 Å². The van der Waals surface area contributed by atoms with E-state index in [4.69, 9.17) is 5.73 Å². The lowest BCUT2D eigenvalue weighted by Crippen LogP contribution is -2.61. The van der Waals surface area contributed by atoms with Gasteiger partial charge in [0.2, 0.25) is 17.7 Å². The van der Waals surface area contributed by atoms with Crippen LogP contribution in [-0.2, 0) is 14.4 Å². The fourth-order valence-corrected chi connectivity index (χ4v) is 2.32. The number of carbonyl (C=O) groups is 3. The number of fused-ring (bicyclic) bond motifs is 1. The van der Waals surface area contributed by atoms with E-state index in [1.54, 1.807) is 4.90 Å². The number of hydrogen-bond donors (Lipinski definition) is 2. The summed E-state index contributed by atoms with van der Waals surface area (Å²) in [7, 11) is 0. The SMILES string of the molecule is NC(=O)CC[C@@H]1NC(=O)[C@@H]2CCCN2C1=O. The number of amides is 3. The standard InChI is InChI=1S/C10H15N3O3/c11-8(14)4-3-6-10(16)13-5-1-2-7(13)9(15)12-6/h6-7H,1-5H2,(H2,11,14)(H,12,15)/t6-,7-/m0/s1. The first-order valence-corrected chi connectivity index (χ1v) is 5.49. The average Bonchev–Trinajstić information content (AvgIpc) is 2.70. The van der Waals surface area contributed by atoms with Crippen LogP contribution in [0.5, 0.6) is 0 Å². The highest BCUT2D eigenvalue weighted by Gasteiger charge is 2.42. The van der Waals surface area contributed by atoms with Gasteiger partial charge in [-0.15, -0.1) is 0 Å². The minimum atomic E-state index is -0.575. The number of nitrogens with zero attached hydrogens (tertiary/aromatic N) is 1. The Morgan fingerprint density at radius 3 is 2.94 bits per heavy atom. The van der Waals surface area contributed by atoms with Crippen molar-refractivity contribution in [3.8, 4) is 0 Å². The normalized spacial score (nSPS) is 28.9. The van der Waals surface area contributed by atoms with E-state index in [0.29, 0.717) is 13.0 Å². The molecule has 0 aromatic carbocycles. The van der Waals surface area contributed by atoms with Crippen LogP contribution in [0.25, 0.3) is 0 Å². The summed E-state index contributed by atoms with van der Waals surface area (Å²) in [4.78, 5) is 35.8. The second-order valence-corrected chi connectivity index (χ2v) is 4.26. The van der Waals surface area contributed by atoms with Crippen molar-refractivity contribution in [2.75, 3.05) is 6.54 Å². The third kappa shape index (κ3) is 1.87. The topological polar surface area (TPSA) is 92.5 Å². The molecule has 88 valence electrons. The molecule has 2 aliphatic heterocycles. The van der Waals surface area contributed by atoms with Gasteiger partial charge in [0, 0.05) is 13.0 Å². The Hall–Kier alpha value is -1.59. The number of nitrogens with one attached hydrogen (secondary N) is 1. The van der Waals surface area contributed by atoms with Gasteiger partial charge in [-0.3, -0.25) is 14.4 Å². The van der Waals surface area contributed by atoms with Crippen LogP contribution >= 0.6 is 0 Å². The summed E-state index contributed by atoms with van der Waals surface area (Å²) in [5.41, 5.74) is 5.02. The molecule has 3 amide bonds. The van der Waals surface area contributed by atoms with Crippen molar-refractivity contribution >= 4 is 17.7 Å². The number of hydrogen-bond acceptors (Lipinski definition) is 3. The van der Waals surface area contributed by atoms with Crippen LogP contribution in [0.4, 0.5) is 0 Å². The molecule has 16 heavy (non-hydrogen) atoms. The first-order valence-electron chi connectivity index (χ1n) is 5.49. The van der Waals surface area contributed by atoms with Crippen molar-refractivity contribution in [2.24, 2.45) is 5.73 Å². The molecule has 6 heteroatoms. The monoisotopic (exact) mass is 225 g/mol. The molecule has 0 bridgehead atoms. The summed E-state index contributed by atoms with van der Waals surface area (Å²) in [5, 5.41) is 2.66. The molecule has 6 nitrogen and oxygen atoms in total. The summed E-state index contributed by atoms with van der Waals surface area (Å²) in [5.74, 6) is -0.638. The summed E-state index contributed by atoms with van der Waals surface area (Å²) in [6.07, 6.45) is 2.02. The zero-order valence-electron chi connectivity index (χ0n) is 8.94. The van der Waals surface area contributed by atoms with Gasteiger partial charge in [-0.05, 0) is 19.3 Å². The lowest BCUT2D eigenvalue weighted by molar-refractivity contribution is -0.147. The summed E-state index contributed by atoms with van der Waals surface area (Å²) in [6, 6.07) is -0.869. The van der Waals surface area contributed by atoms with Crippen molar-refractivity contribution < 1.29 is 14.4 Å². The second-order valence-electron chi connectivity index (χ2n) is 4.26. The number of piperazine rings is 1. The molecule has 0 spiro atoms. The molecule has 0 saturated carbocycles. The van der Waals surface area contributed by atoms with Gasteiger partial charge < -0.3 is 16.0 Å². The van der Waals surface area contributed by atoms with Crippen LogP contribution in [0.3, 0.4) is 0 Å². The zero-order valence-corrected chi connectivity index (χ0v) is 8.94. The van der Waals surface area contributed by atoms with Gasteiger partial charge in [-0.25, -0.2) is 0 Å². The molecular weight excluding hydrogens is 210 g/mol. The zero-order chi connectivity index (χ0) is 11.7. The van der Waals surface area contributed by atoms with Gasteiger partial charge in [0.15, 0.2) is 0 Å². The minimum Gasteiger partial charge on any atom is -0.370 e. The summed E-state index contributed by atoms with van der Waals surface area (Å²) < 4.78 is 0. The van der Waals surface area contributed by atoms with Crippen LogP contribution in [0, 0.1) is 0 Å². The van der Waals surface area contributed by atoms with Gasteiger partial charge in [-0.2, -0.15) is 0 Å². The maximum Gasteiger partial charge on any atom is 0.245 e. The molecule has 2 heterocycles. The quantitative estimate of drug-likeness (QED) is 0.628. The smallest absolute Gasteiger partial charge is 0.245 e. The van der Waals surface area contributed by atoms with E-state index in [1.165, 1.54) is 0 Å². The number of rotatable bonds is 3. The van der Waals surface area contributed by atoms with Gasteiger partial charge in [-0.1, -0.05) is 0 Å². The first kappa shape index (κ1) is 10.9. The van der Waals surface area contributed by atoms with Gasteiger partial charge in [0.25, 0.3) is 0 Å². The summed E-state index contributed by atoms with van der Waals surface area (Å²) >= 11 is 0. The molecule has 2 fully saturated rings. The fraction of sp³-hybridized carbons (Fsp3) is 0.700. The first-order chi connectivity index (χ1) is 7.59. The Morgan fingerprint density at radius 2 is 2.25 bits per heavy atom. The molecule has 0 radical (unpaired) electrons. The molecule has 2 rings (SSSR count). The maximum absolute atomic E-state index is 11.9. The predicted molar refractivity (Wildman–Crippen MR) is 55.1 cm³/mol. The van der Waals surface area contributed by atoms with E-state index in [9.17, 15) is 14.4 Å². The van der Waals surface area contributed by atoms with E-state index in [1.807, 2.05) is 0 Å². The van der Waals surface area contributed by atoms with E-state index >= 15 is 0 Å². The Kier molecular flexibility index (Phi) is 2.80. The predicted octanol–water partition coefficient (Wildman–Crippen LogP) is -1.26. The number of carbonyl (C=O) groups excluding carboxylic acids is 3. The van der Waals surface area contributed by atoms with Crippen LogP contribution in [0.1, 0.15) is 25.7 Å². The molecular formula is C10H15N3O3. The van der Waals surface area contributed by atoms with Crippen molar-refractivity contribution in [3.05, 3.63) is 0 Å². The van der Waals surface area contributed by atoms with E-state index in [2.05, 4.69) is 5.32 Å². The van der Waals surface area contributed by atoms with Crippen molar-refractivity contribution in [1.29, 1.82) is 0 Å². The molecule has 0 aromatic heterocycles. The molecule has 3 N–H and O–H groups in total. The Bertz CT molecular complexity index is 342. The van der Waals surface area contributed by atoms with Crippen LogP contribution in [0.15, 0.2) is 0 Å². The van der Waals surface area contributed by atoms with Gasteiger partial charge >= 0.3 is 0 Å². The third-order valence-electron chi connectivity index (χ3n) is 3.13. The highest BCUT2D eigenvalue weighted by atomic mass is 16.2. The molecule has 0 aromatic rings. The average molecular weight is 225 g/mol. The Balaban J connectivity index is 2.02. The Labute approximate surface area is 93.1 Å². The fourth-order valence-electron chi connectivity index (χ4n) is 2.32. The number of nitrogens with two attached hydrogens (primary N) is 1. The van der Waals surface area contributed by atoms with Crippen LogP contribution in [0.2, 0.25) is 0 Å². The second kappa shape index (κ2) is 4.11. The minimum absolute atomic E-state index is 0.0802. The largest absolute Gasteiger partial charge is 0.370 e. The van der Waals surface area contributed by atoms with Crippen molar-refractivity contribution in [3.63, 3.8) is 0 Å². The van der Waals surface area contributed by atoms with E-state index in [0.717, 1.165) is 12.8 Å². The van der Waals surface area contributed by atoms with Gasteiger partial charge in [0.1, 0.15) is 12.1 Å². The molecule has 2 atom stereocenters. The highest BCUT2D eigenvalue weighted by Crippen LogP contribution is 2.23. The Morgan fingerprint density at radius 1 is 1.50 bits per heavy atom. The highest BCUT2D eigenvalue weighted by molar-refractivity contribution is 5.97. The molecule has 2 aliphatic rings. The van der Waals surface area contributed by atoms with Crippen LogP contribution < -0.4 is 11.1 Å². The molecule has 2 saturated heterocycles. The third-order valence-corrected chi connectivity index (χ3v) is 3.13. The summed E-state index contributed by atoms with van der Waals surface area (Å²) in [6.45, 7) is 0.643. The molecule has 0 aliphatic carbocycles. The van der Waals surface area contributed by atoms with Crippen molar-refractivity contribution in [2.45, 2.75) is 37.8 Å². The lowest BCUT2D eigenvalue weighted by Gasteiger charge is -2.34.